The number of aryl methyl sites for hydroxylation is 1. The highest BCUT2D eigenvalue weighted by molar-refractivity contribution is 9.10. The van der Waals surface area contributed by atoms with Gasteiger partial charge in [-0.3, -0.25) is 0 Å². The molecule has 0 fully saturated rings. The van der Waals surface area contributed by atoms with Gasteiger partial charge in [0.1, 0.15) is 0 Å². The zero-order chi connectivity index (χ0) is 14.1. The lowest BCUT2D eigenvalue weighted by molar-refractivity contribution is 0.174. The number of nitrogens with zero attached hydrogens (tertiary/aromatic N) is 4. The number of aromatic nitrogens is 3. The van der Waals surface area contributed by atoms with Gasteiger partial charge in [0.05, 0.1) is 6.21 Å². The lowest BCUT2D eigenvalue weighted by atomic mass is 10.2. The van der Waals surface area contributed by atoms with Crippen molar-refractivity contribution in [1.29, 1.82) is 0 Å². The highest BCUT2D eigenvalue weighted by Crippen LogP contribution is 2.36. The largest absolute Gasteiger partial charge is 0.454 e. The lowest BCUT2D eigenvalue weighted by Crippen LogP contribution is -2.13. The quantitative estimate of drug-likeness (QED) is 0.481. The van der Waals surface area contributed by atoms with Crippen molar-refractivity contribution in [2.24, 2.45) is 5.10 Å². The molecule has 8 nitrogen and oxygen atoms in total. The van der Waals surface area contributed by atoms with Crippen LogP contribution in [0, 0.1) is 6.92 Å². The number of anilines is 1. The van der Waals surface area contributed by atoms with Gasteiger partial charge in [-0.2, -0.15) is 5.10 Å². The molecule has 1 aliphatic heterocycles. The Morgan fingerprint density at radius 1 is 1.38 bits per heavy atom. The zero-order valence-corrected chi connectivity index (χ0v) is 13.3. The molecule has 3 N–H and O–H groups in total. The third kappa shape index (κ3) is 3.03. The Morgan fingerprint density at radius 2 is 2.10 bits per heavy atom. The second kappa shape index (κ2) is 6.19. The first-order valence-corrected chi connectivity index (χ1v) is 6.50. The van der Waals surface area contributed by atoms with Crippen LogP contribution in [-0.2, 0) is 0 Å². The Kier molecular flexibility index (Phi) is 4.53. The van der Waals surface area contributed by atoms with E-state index in [0.29, 0.717) is 23.3 Å². The number of hydrazone groups is 1. The van der Waals surface area contributed by atoms with Gasteiger partial charge in [-0.15, -0.1) is 22.6 Å². The number of halogens is 2. The van der Waals surface area contributed by atoms with Crippen LogP contribution in [-0.4, -0.2) is 27.9 Å². The first-order chi connectivity index (χ1) is 9.65. The summed E-state index contributed by atoms with van der Waals surface area (Å²) in [7, 11) is 0. The van der Waals surface area contributed by atoms with Crippen LogP contribution in [0.5, 0.6) is 11.5 Å². The van der Waals surface area contributed by atoms with E-state index >= 15 is 0 Å². The van der Waals surface area contributed by atoms with Crippen LogP contribution in [0.1, 0.15) is 11.4 Å². The smallest absolute Gasteiger partial charge is 0.263 e. The first-order valence-electron chi connectivity index (χ1n) is 5.70. The standard InChI is InChI=1S/C11H11BrN6O2.ClH/c1-6-15-17-11(18(6)13)16-14-4-7-2-9-10(3-8(7)12)20-5-19-9;/h2-4H,5,13H2,1H3,(H,16,17);1H/b14-4+;. The van der Waals surface area contributed by atoms with E-state index in [1.807, 2.05) is 12.1 Å². The number of nitrogen functional groups attached to an aromatic ring is 1. The SMILES string of the molecule is Cc1nnc(N/N=C/c2cc3c(cc2Br)OCO3)n1N.Cl. The van der Waals surface area contributed by atoms with Gasteiger partial charge in [-0.25, -0.2) is 10.1 Å². The topological polar surface area (TPSA) is 99.6 Å². The molecule has 112 valence electrons. The summed E-state index contributed by atoms with van der Waals surface area (Å²) in [6.45, 7) is 1.98. The minimum absolute atomic E-state index is 0. The average molecular weight is 376 g/mol. The fraction of sp³-hybridized carbons (Fsp3) is 0.182. The summed E-state index contributed by atoms with van der Waals surface area (Å²) in [5, 5.41) is 11.7. The maximum atomic E-state index is 5.70. The molecule has 1 aliphatic rings. The van der Waals surface area contributed by atoms with Crippen LogP contribution < -0.4 is 20.7 Å². The number of rotatable bonds is 3. The fourth-order valence-corrected chi connectivity index (χ4v) is 2.06. The summed E-state index contributed by atoms with van der Waals surface area (Å²) in [5.74, 6) is 8.04. The van der Waals surface area contributed by atoms with E-state index in [1.165, 1.54) is 4.68 Å². The third-order valence-electron chi connectivity index (χ3n) is 2.73. The first kappa shape index (κ1) is 15.4. The number of nitrogens with one attached hydrogen (secondary N) is 1. The molecule has 2 heterocycles. The Balaban J connectivity index is 0.00000161. The molecule has 0 bridgehead atoms. The van der Waals surface area contributed by atoms with E-state index in [-0.39, 0.29) is 19.2 Å². The third-order valence-corrected chi connectivity index (χ3v) is 3.41. The van der Waals surface area contributed by atoms with Gasteiger partial charge in [-0.05, 0) is 35.0 Å². The summed E-state index contributed by atoms with van der Waals surface area (Å²) in [4.78, 5) is 0. The van der Waals surface area contributed by atoms with E-state index in [0.717, 1.165) is 10.0 Å². The molecule has 0 atom stereocenters. The summed E-state index contributed by atoms with van der Waals surface area (Å²) >= 11 is 3.44. The molecular formula is C11H12BrClN6O2. The van der Waals surface area contributed by atoms with Gasteiger partial charge >= 0.3 is 0 Å². The van der Waals surface area contributed by atoms with E-state index in [4.69, 9.17) is 15.3 Å². The number of hydrogen-bond acceptors (Lipinski definition) is 7. The molecule has 0 saturated carbocycles. The molecule has 2 aromatic rings. The van der Waals surface area contributed by atoms with Crippen LogP contribution in [0.3, 0.4) is 0 Å². The molecule has 0 saturated heterocycles. The predicted molar refractivity (Wildman–Crippen MR) is 83.6 cm³/mol. The van der Waals surface area contributed by atoms with E-state index in [2.05, 4.69) is 36.7 Å². The van der Waals surface area contributed by atoms with Crippen molar-refractivity contribution in [1.82, 2.24) is 14.9 Å². The van der Waals surface area contributed by atoms with E-state index in [9.17, 15) is 0 Å². The molecule has 1 aromatic heterocycles. The summed E-state index contributed by atoms with van der Waals surface area (Å²) in [6, 6.07) is 3.66. The van der Waals surface area contributed by atoms with Crippen LogP contribution in [0.2, 0.25) is 0 Å². The molecular weight excluding hydrogens is 364 g/mol. The highest BCUT2D eigenvalue weighted by Gasteiger charge is 2.15. The number of nitrogens with two attached hydrogens (primary N) is 1. The number of fused-ring (bicyclic) bond motifs is 1. The summed E-state index contributed by atoms with van der Waals surface area (Å²) in [5.41, 5.74) is 3.55. The van der Waals surface area contributed by atoms with E-state index in [1.54, 1.807) is 13.1 Å². The van der Waals surface area contributed by atoms with Gasteiger partial charge < -0.3 is 15.3 Å². The molecule has 3 rings (SSSR count). The zero-order valence-electron chi connectivity index (χ0n) is 10.9. The Bertz CT molecular complexity index is 690. The maximum Gasteiger partial charge on any atom is 0.263 e. The van der Waals surface area contributed by atoms with Crippen molar-refractivity contribution in [3.8, 4) is 11.5 Å². The van der Waals surface area contributed by atoms with Crippen molar-refractivity contribution in [3.05, 3.63) is 28.0 Å². The molecule has 0 radical (unpaired) electrons. The molecule has 0 spiro atoms. The Morgan fingerprint density at radius 3 is 2.76 bits per heavy atom. The number of ether oxygens (including phenoxy) is 2. The Labute approximate surface area is 134 Å². The van der Waals surface area contributed by atoms with Crippen LogP contribution in [0.15, 0.2) is 21.7 Å². The van der Waals surface area contributed by atoms with Crippen molar-refractivity contribution >= 4 is 40.5 Å². The maximum absolute atomic E-state index is 5.70. The fourth-order valence-electron chi connectivity index (χ4n) is 1.64. The average Bonchev–Trinajstić information content (AvgIpc) is 2.99. The molecule has 1 aromatic carbocycles. The second-order valence-electron chi connectivity index (χ2n) is 4.04. The Hall–Kier alpha value is -2.00. The molecule has 0 amide bonds. The van der Waals surface area contributed by atoms with E-state index < -0.39 is 0 Å². The van der Waals surface area contributed by atoms with Gasteiger partial charge in [0.25, 0.3) is 5.95 Å². The van der Waals surface area contributed by atoms with Crippen molar-refractivity contribution < 1.29 is 9.47 Å². The number of benzene rings is 1. The molecule has 21 heavy (non-hydrogen) atoms. The van der Waals surface area contributed by atoms with Gasteiger partial charge in [0, 0.05) is 10.0 Å². The molecule has 0 unspecified atom stereocenters. The lowest BCUT2D eigenvalue weighted by Gasteiger charge is -2.02. The summed E-state index contributed by atoms with van der Waals surface area (Å²) in [6.07, 6.45) is 1.62. The van der Waals surface area contributed by atoms with Crippen molar-refractivity contribution in [2.75, 3.05) is 18.1 Å². The van der Waals surface area contributed by atoms with Gasteiger partial charge in [0.15, 0.2) is 17.3 Å². The minimum Gasteiger partial charge on any atom is -0.454 e. The minimum atomic E-state index is 0. The van der Waals surface area contributed by atoms with Gasteiger partial charge in [-0.1, -0.05) is 0 Å². The summed E-state index contributed by atoms with van der Waals surface area (Å²) < 4.78 is 12.7. The van der Waals surface area contributed by atoms with Crippen LogP contribution in [0.25, 0.3) is 0 Å². The second-order valence-corrected chi connectivity index (χ2v) is 4.89. The predicted octanol–water partition coefficient (Wildman–Crippen LogP) is 1.66. The van der Waals surface area contributed by atoms with Crippen LogP contribution >= 0.6 is 28.3 Å². The van der Waals surface area contributed by atoms with Crippen LogP contribution in [0.4, 0.5) is 5.95 Å². The monoisotopic (exact) mass is 374 g/mol. The highest BCUT2D eigenvalue weighted by atomic mass is 79.9. The molecule has 10 heteroatoms. The van der Waals surface area contributed by atoms with Gasteiger partial charge in [0.2, 0.25) is 6.79 Å². The van der Waals surface area contributed by atoms with Crippen molar-refractivity contribution in [3.63, 3.8) is 0 Å². The van der Waals surface area contributed by atoms with Crippen molar-refractivity contribution in [2.45, 2.75) is 6.92 Å². The number of hydrogen-bond donors (Lipinski definition) is 2. The molecule has 0 aliphatic carbocycles. The normalized spacial score (nSPS) is 12.5.